The molecule has 1 aromatic rings. The van der Waals surface area contributed by atoms with E-state index in [-0.39, 0.29) is 42.5 Å². The minimum atomic E-state index is -1.06. The average Bonchev–Trinajstić information content (AvgIpc) is 2.44. The number of ketones is 1. The van der Waals surface area contributed by atoms with Gasteiger partial charge in [0.15, 0.2) is 17.4 Å². The Morgan fingerprint density at radius 2 is 1.81 bits per heavy atom. The van der Waals surface area contributed by atoms with Crippen LogP contribution in [0.4, 0.5) is 8.78 Å². The first kappa shape index (κ1) is 19.5. The smallest absolute Gasteiger partial charge is 0.220 e. The molecule has 0 fully saturated rings. The summed E-state index contributed by atoms with van der Waals surface area (Å²) in [6.07, 6.45) is 0.819. The van der Waals surface area contributed by atoms with Gasteiger partial charge in [0.05, 0.1) is 0 Å². The lowest BCUT2D eigenvalue weighted by Gasteiger charge is -2.05. The number of Topliss-reactive ketones (excluding diaryl/α,β-unsaturated/α-hetero) is 1. The van der Waals surface area contributed by atoms with Gasteiger partial charge in [-0.05, 0) is 38.2 Å². The van der Waals surface area contributed by atoms with Gasteiger partial charge in [0.1, 0.15) is 0 Å². The predicted molar refractivity (Wildman–Crippen MR) is 78.7 cm³/mol. The van der Waals surface area contributed by atoms with E-state index in [4.69, 9.17) is 0 Å². The van der Waals surface area contributed by atoms with Crippen molar-refractivity contribution in [2.24, 2.45) is 0 Å². The molecule has 7 heteroatoms. The molecule has 4 nitrogen and oxygen atoms in total. The van der Waals surface area contributed by atoms with Gasteiger partial charge in [-0.1, -0.05) is 0 Å². The Labute approximate surface area is 128 Å². The molecule has 0 unspecified atom stereocenters. The van der Waals surface area contributed by atoms with Crippen molar-refractivity contribution in [1.29, 1.82) is 0 Å². The summed E-state index contributed by atoms with van der Waals surface area (Å²) < 4.78 is 25.7. The Morgan fingerprint density at radius 1 is 1.10 bits per heavy atom. The van der Waals surface area contributed by atoms with Gasteiger partial charge in [-0.3, -0.25) is 9.59 Å². The van der Waals surface area contributed by atoms with E-state index in [1.807, 2.05) is 7.05 Å². The molecule has 0 spiro atoms. The number of benzene rings is 1. The zero-order chi connectivity index (χ0) is 15.0. The summed E-state index contributed by atoms with van der Waals surface area (Å²) in [5.41, 5.74) is 0.0758. The first-order valence-corrected chi connectivity index (χ1v) is 6.44. The van der Waals surface area contributed by atoms with Crippen LogP contribution in [-0.2, 0) is 4.79 Å². The Hall–Kier alpha value is -1.53. The molecular weight excluding hydrogens is 302 g/mol. The maximum Gasteiger partial charge on any atom is 0.220 e. The largest absolute Gasteiger partial charge is 0.356 e. The van der Waals surface area contributed by atoms with Crippen molar-refractivity contribution in [1.82, 2.24) is 10.6 Å². The molecule has 1 amide bonds. The highest BCUT2D eigenvalue weighted by Crippen LogP contribution is 2.11. The topological polar surface area (TPSA) is 58.2 Å². The molecule has 2 N–H and O–H groups in total. The van der Waals surface area contributed by atoms with E-state index in [0.717, 1.165) is 25.1 Å². The lowest BCUT2D eigenvalue weighted by atomic mass is 10.1. The second-order valence-corrected chi connectivity index (χ2v) is 4.36. The molecule has 0 aliphatic carbocycles. The van der Waals surface area contributed by atoms with Gasteiger partial charge in [-0.2, -0.15) is 0 Å². The Balaban J connectivity index is 0.00000400. The lowest BCUT2D eigenvalue weighted by Crippen LogP contribution is -2.26. The molecule has 0 saturated carbocycles. The fourth-order valence-corrected chi connectivity index (χ4v) is 1.62. The van der Waals surface area contributed by atoms with E-state index < -0.39 is 11.6 Å². The maximum atomic E-state index is 13.0. The fourth-order valence-electron chi connectivity index (χ4n) is 1.62. The third-order valence-corrected chi connectivity index (χ3v) is 2.75. The molecule has 0 heterocycles. The second-order valence-electron chi connectivity index (χ2n) is 4.36. The molecule has 1 aromatic carbocycles. The van der Waals surface area contributed by atoms with Crippen LogP contribution in [0.15, 0.2) is 18.2 Å². The van der Waals surface area contributed by atoms with E-state index in [9.17, 15) is 18.4 Å². The number of rotatable bonds is 8. The van der Waals surface area contributed by atoms with Crippen molar-refractivity contribution >= 4 is 24.1 Å². The molecule has 0 saturated heterocycles. The van der Waals surface area contributed by atoms with Crippen LogP contribution in [0.2, 0.25) is 0 Å². The van der Waals surface area contributed by atoms with Crippen molar-refractivity contribution < 1.29 is 18.4 Å². The van der Waals surface area contributed by atoms with Crippen LogP contribution in [0, 0.1) is 11.6 Å². The molecule has 0 aliphatic heterocycles. The van der Waals surface area contributed by atoms with Gasteiger partial charge in [0.2, 0.25) is 5.91 Å². The first-order chi connectivity index (χ1) is 9.54. The van der Waals surface area contributed by atoms with Crippen LogP contribution in [0.5, 0.6) is 0 Å². The van der Waals surface area contributed by atoms with Gasteiger partial charge in [-0.15, -0.1) is 12.4 Å². The van der Waals surface area contributed by atoms with Crippen LogP contribution in [0.3, 0.4) is 0 Å². The van der Waals surface area contributed by atoms with Gasteiger partial charge in [0, 0.05) is 24.9 Å². The summed E-state index contributed by atoms with van der Waals surface area (Å²) in [5, 5.41) is 5.63. The number of halogens is 3. The molecule has 0 bridgehead atoms. The molecule has 118 valence electrons. The second kappa shape index (κ2) is 10.2. The number of hydrogen-bond donors (Lipinski definition) is 2. The molecule has 0 aromatic heterocycles. The van der Waals surface area contributed by atoms with Crippen molar-refractivity contribution in [3.63, 3.8) is 0 Å². The quantitative estimate of drug-likeness (QED) is 0.569. The van der Waals surface area contributed by atoms with Crippen molar-refractivity contribution in [2.45, 2.75) is 19.3 Å². The van der Waals surface area contributed by atoms with Crippen molar-refractivity contribution in [3.05, 3.63) is 35.4 Å². The number of carbonyl (C=O) groups is 2. The molecular formula is C14H19ClF2N2O2. The van der Waals surface area contributed by atoms with Crippen molar-refractivity contribution in [2.75, 3.05) is 20.1 Å². The van der Waals surface area contributed by atoms with Crippen LogP contribution < -0.4 is 10.6 Å². The van der Waals surface area contributed by atoms with Gasteiger partial charge in [0.25, 0.3) is 0 Å². The van der Waals surface area contributed by atoms with Crippen LogP contribution in [0.25, 0.3) is 0 Å². The van der Waals surface area contributed by atoms with Crippen LogP contribution in [-0.4, -0.2) is 31.8 Å². The number of amides is 1. The van der Waals surface area contributed by atoms with Gasteiger partial charge in [-0.25, -0.2) is 8.78 Å². The highest BCUT2D eigenvalue weighted by molar-refractivity contribution is 5.97. The standard InChI is InChI=1S/C14H18F2N2O2.ClH/c1-17-7-2-8-18-14(20)6-5-13(19)10-3-4-11(15)12(16)9-10;/h3-4,9,17H,2,5-8H2,1H3,(H,18,20);1H. The van der Waals surface area contributed by atoms with E-state index >= 15 is 0 Å². The molecule has 0 aliphatic rings. The number of carbonyl (C=O) groups excluding carboxylic acids is 2. The lowest BCUT2D eigenvalue weighted by molar-refractivity contribution is -0.121. The zero-order valence-corrected chi connectivity index (χ0v) is 12.6. The highest BCUT2D eigenvalue weighted by Gasteiger charge is 2.11. The Kier molecular flexibility index (Phi) is 9.49. The predicted octanol–water partition coefficient (Wildman–Crippen LogP) is 2.08. The number of nitrogens with one attached hydrogen (secondary N) is 2. The minimum absolute atomic E-state index is 0. The summed E-state index contributed by atoms with van der Waals surface area (Å²) in [7, 11) is 1.82. The summed E-state index contributed by atoms with van der Waals surface area (Å²) in [5.74, 6) is -2.66. The third kappa shape index (κ3) is 7.15. The Morgan fingerprint density at radius 3 is 2.43 bits per heavy atom. The third-order valence-electron chi connectivity index (χ3n) is 2.75. The SMILES string of the molecule is CNCCCNC(=O)CCC(=O)c1ccc(F)c(F)c1.Cl. The normalized spacial score (nSPS) is 9.86. The summed E-state index contributed by atoms with van der Waals surface area (Å²) in [6.45, 7) is 1.34. The summed E-state index contributed by atoms with van der Waals surface area (Å²) in [6, 6.07) is 2.97. The molecule has 1 rings (SSSR count). The van der Waals surface area contributed by atoms with E-state index in [1.165, 1.54) is 6.07 Å². The number of hydrogen-bond acceptors (Lipinski definition) is 3. The molecule has 21 heavy (non-hydrogen) atoms. The molecule has 0 atom stereocenters. The Bertz CT molecular complexity index is 484. The zero-order valence-electron chi connectivity index (χ0n) is 11.7. The van der Waals surface area contributed by atoms with Crippen molar-refractivity contribution in [3.8, 4) is 0 Å². The van der Waals surface area contributed by atoms with Gasteiger partial charge >= 0.3 is 0 Å². The van der Waals surface area contributed by atoms with E-state index in [0.29, 0.717) is 6.54 Å². The van der Waals surface area contributed by atoms with Crippen LogP contribution in [0.1, 0.15) is 29.6 Å². The van der Waals surface area contributed by atoms with Crippen LogP contribution >= 0.6 is 12.4 Å². The van der Waals surface area contributed by atoms with E-state index in [1.54, 1.807) is 0 Å². The first-order valence-electron chi connectivity index (χ1n) is 6.44. The fraction of sp³-hybridized carbons (Fsp3) is 0.429. The summed E-state index contributed by atoms with van der Waals surface area (Å²) in [4.78, 5) is 23.2. The monoisotopic (exact) mass is 320 g/mol. The van der Waals surface area contributed by atoms with E-state index in [2.05, 4.69) is 10.6 Å². The highest BCUT2D eigenvalue weighted by atomic mass is 35.5. The van der Waals surface area contributed by atoms with Gasteiger partial charge < -0.3 is 10.6 Å². The molecule has 0 radical (unpaired) electrons. The average molecular weight is 321 g/mol. The maximum absolute atomic E-state index is 13.0. The summed E-state index contributed by atoms with van der Waals surface area (Å²) >= 11 is 0. The minimum Gasteiger partial charge on any atom is -0.356 e.